The van der Waals surface area contributed by atoms with Crippen molar-refractivity contribution in [3.63, 3.8) is 0 Å². The van der Waals surface area contributed by atoms with Crippen molar-refractivity contribution < 1.29 is 19.8 Å². The molecule has 0 bridgehead atoms. The zero-order valence-corrected chi connectivity index (χ0v) is 14.0. The van der Waals surface area contributed by atoms with Crippen molar-refractivity contribution in [3.8, 4) is 5.75 Å². The number of nitrogens with zero attached hydrogens (tertiary/aromatic N) is 1. The van der Waals surface area contributed by atoms with E-state index in [0.717, 1.165) is 5.56 Å². The van der Waals surface area contributed by atoms with Gasteiger partial charge in [0, 0.05) is 12.5 Å². The number of unbranched alkanes of at least 4 members (excludes halogenated alkanes) is 2. The average molecular weight is 350 g/mol. The molecule has 7 heteroatoms. The smallest absolute Gasteiger partial charge is 0.266 e. The summed E-state index contributed by atoms with van der Waals surface area (Å²) in [5, 5.41) is 19.6. The molecule has 23 heavy (non-hydrogen) atoms. The highest BCUT2D eigenvalue weighted by molar-refractivity contribution is 8.26. The van der Waals surface area contributed by atoms with Crippen molar-refractivity contribution in [2.45, 2.75) is 25.7 Å². The van der Waals surface area contributed by atoms with E-state index in [4.69, 9.17) is 12.2 Å². The monoisotopic (exact) mass is 350 g/mol. The van der Waals surface area contributed by atoms with Gasteiger partial charge < -0.3 is 15.0 Å². The Morgan fingerprint density at radius 2 is 1.96 bits per heavy atom. The van der Waals surface area contributed by atoms with Crippen molar-refractivity contribution >= 4 is 46.3 Å². The van der Waals surface area contributed by atoms with E-state index in [1.165, 1.54) is 11.8 Å². The molecule has 1 fully saturated rings. The number of benzene rings is 1. The zero-order valence-electron chi connectivity index (χ0n) is 12.4. The molecule has 5 nitrogen and oxygen atoms in total. The molecular weight excluding hydrogens is 334 g/mol. The second-order valence-corrected chi connectivity index (χ2v) is 6.78. The van der Waals surface area contributed by atoms with Gasteiger partial charge in [-0.2, -0.15) is 0 Å². The fourth-order valence-corrected chi connectivity index (χ4v) is 3.44. The van der Waals surface area contributed by atoms with E-state index < -0.39 is 5.97 Å². The van der Waals surface area contributed by atoms with E-state index in [2.05, 4.69) is 0 Å². The molecule has 1 aromatic rings. The van der Waals surface area contributed by atoms with E-state index in [0.29, 0.717) is 35.0 Å². The van der Waals surface area contributed by atoms with Crippen molar-refractivity contribution in [2.75, 3.05) is 6.54 Å². The lowest BCUT2D eigenvalue weighted by atomic mass is 10.2. The number of carbonyl (C=O) groups is 2. The second-order valence-electron chi connectivity index (χ2n) is 5.11. The van der Waals surface area contributed by atoms with E-state index in [1.54, 1.807) is 35.2 Å². The van der Waals surface area contributed by atoms with Crippen LogP contribution in [-0.4, -0.2) is 32.7 Å². The SMILES string of the molecule is O=C([O-])CCCCCN1C(=O)/C(=C\c2ccc(O)cc2)SC1=S. The van der Waals surface area contributed by atoms with Gasteiger partial charge in [0.15, 0.2) is 0 Å². The van der Waals surface area contributed by atoms with Gasteiger partial charge in [0.2, 0.25) is 0 Å². The molecule has 122 valence electrons. The number of amides is 1. The van der Waals surface area contributed by atoms with Crippen LogP contribution < -0.4 is 5.11 Å². The number of aliphatic carboxylic acids is 1. The summed E-state index contributed by atoms with van der Waals surface area (Å²) >= 11 is 6.49. The van der Waals surface area contributed by atoms with Crippen LogP contribution in [0.3, 0.4) is 0 Å². The third-order valence-corrected chi connectivity index (χ3v) is 4.70. The van der Waals surface area contributed by atoms with Gasteiger partial charge in [-0.05, 0) is 43.0 Å². The summed E-state index contributed by atoms with van der Waals surface area (Å²) in [6.07, 6.45) is 3.74. The molecule has 1 aliphatic rings. The number of phenolic OH excluding ortho intramolecular Hbond substituents is 1. The first-order valence-corrected chi connectivity index (χ1v) is 8.44. The van der Waals surface area contributed by atoms with E-state index in [9.17, 15) is 19.8 Å². The van der Waals surface area contributed by atoms with Crippen LogP contribution in [0.2, 0.25) is 0 Å². The van der Waals surface area contributed by atoms with Crippen LogP contribution in [0.5, 0.6) is 5.75 Å². The topological polar surface area (TPSA) is 80.7 Å². The summed E-state index contributed by atoms with van der Waals surface area (Å²) in [5.74, 6) is -1.01. The maximum atomic E-state index is 12.4. The second kappa shape index (κ2) is 8.12. The zero-order chi connectivity index (χ0) is 16.8. The van der Waals surface area contributed by atoms with Crippen molar-refractivity contribution in [1.29, 1.82) is 0 Å². The first-order valence-electron chi connectivity index (χ1n) is 7.21. The van der Waals surface area contributed by atoms with E-state index in [1.807, 2.05) is 0 Å². The van der Waals surface area contributed by atoms with Gasteiger partial charge in [-0.25, -0.2) is 0 Å². The Bertz CT molecular complexity index is 640. The summed E-state index contributed by atoms with van der Waals surface area (Å²) in [7, 11) is 0. The molecule has 0 radical (unpaired) electrons. The fraction of sp³-hybridized carbons (Fsp3) is 0.312. The molecule has 0 atom stereocenters. The number of rotatable bonds is 7. The molecule has 0 spiro atoms. The number of phenols is 1. The molecule has 0 saturated carbocycles. The molecule has 1 heterocycles. The highest BCUT2D eigenvalue weighted by Crippen LogP contribution is 2.32. The van der Waals surface area contributed by atoms with E-state index >= 15 is 0 Å². The number of thioether (sulfide) groups is 1. The van der Waals surface area contributed by atoms with Gasteiger partial charge in [-0.1, -0.05) is 42.5 Å². The van der Waals surface area contributed by atoms with Crippen LogP contribution >= 0.6 is 24.0 Å². The third kappa shape index (κ3) is 5.07. The van der Waals surface area contributed by atoms with Gasteiger partial charge in [0.1, 0.15) is 10.1 Å². The van der Waals surface area contributed by atoms with E-state index in [-0.39, 0.29) is 18.1 Å². The fourth-order valence-electron chi connectivity index (χ4n) is 2.13. The van der Waals surface area contributed by atoms with Gasteiger partial charge in [-0.15, -0.1) is 0 Å². The highest BCUT2D eigenvalue weighted by Gasteiger charge is 2.31. The number of thiocarbonyl (C=S) groups is 1. The molecule has 1 amide bonds. The maximum absolute atomic E-state index is 12.4. The number of hydrogen-bond donors (Lipinski definition) is 1. The number of carboxylic acid groups (broad SMARTS) is 1. The van der Waals surface area contributed by atoms with Crippen LogP contribution in [0.25, 0.3) is 6.08 Å². The van der Waals surface area contributed by atoms with Gasteiger partial charge in [0.25, 0.3) is 5.91 Å². The van der Waals surface area contributed by atoms with Crippen molar-refractivity contribution in [1.82, 2.24) is 4.90 Å². The highest BCUT2D eigenvalue weighted by atomic mass is 32.2. The standard InChI is InChI=1S/C16H17NO4S2/c18-12-7-5-11(6-8-12)10-13-15(21)17(16(22)23-13)9-3-1-2-4-14(19)20/h5-8,10,18H,1-4,9H2,(H,19,20)/p-1/b13-10+. The van der Waals surface area contributed by atoms with Gasteiger partial charge in [0.05, 0.1) is 4.91 Å². The van der Waals surface area contributed by atoms with Gasteiger partial charge in [-0.3, -0.25) is 9.69 Å². The molecule has 1 N–H and O–H groups in total. The molecule has 2 rings (SSSR count). The third-order valence-electron chi connectivity index (χ3n) is 3.33. The minimum atomic E-state index is -1.05. The number of aromatic hydroxyl groups is 1. The number of hydrogen-bond acceptors (Lipinski definition) is 6. The quantitative estimate of drug-likeness (QED) is 0.460. The van der Waals surface area contributed by atoms with Crippen LogP contribution in [0, 0.1) is 0 Å². The van der Waals surface area contributed by atoms with Gasteiger partial charge >= 0.3 is 0 Å². The van der Waals surface area contributed by atoms with Crippen LogP contribution in [0.4, 0.5) is 0 Å². The Morgan fingerprint density at radius 1 is 1.26 bits per heavy atom. The lowest BCUT2D eigenvalue weighted by Crippen LogP contribution is -2.29. The Hall–Kier alpha value is -1.86. The average Bonchev–Trinajstić information content (AvgIpc) is 2.76. The predicted molar refractivity (Wildman–Crippen MR) is 91.5 cm³/mol. The molecule has 0 aromatic heterocycles. The van der Waals surface area contributed by atoms with Crippen molar-refractivity contribution in [3.05, 3.63) is 34.7 Å². The first-order chi connectivity index (χ1) is 11.0. The molecule has 1 aromatic carbocycles. The molecule has 0 unspecified atom stereocenters. The summed E-state index contributed by atoms with van der Waals surface area (Å²) < 4.78 is 0.514. The summed E-state index contributed by atoms with van der Waals surface area (Å²) in [4.78, 5) is 24.8. The minimum Gasteiger partial charge on any atom is -0.550 e. The number of carboxylic acids is 1. The molecule has 0 aliphatic carbocycles. The normalized spacial score (nSPS) is 16.3. The summed E-state index contributed by atoms with van der Waals surface area (Å²) in [6.45, 7) is 0.491. The predicted octanol–water partition coefficient (Wildman–Crippen LogP) is 1.90. The summed E-state index contributed by atoms with van der Waals surface area (Å²) in [6, 6.07) is 6.57. The number of carbonyl (C=O) groups excluding carboxylic acids is 2. The summed E-state index contributed by atoms with van der Waals surface area (Å²) in [5.41, 5.74) is 0.817. The lowest BCUT2D eigenvalue weighted by Gasteiger charge is -2.14. The Balaban J connectivity index is 1.91. The lowest BCUT2D eigenvalue weighted by molar-refractivity contribution is -0.305. The molecule has 1 aliphatic heterocycles. The first kappa shape index (κ1) is 17.5. The van der Waals surface area contributed by atoms with Crippen LogP contribution in [0.15, 0.2) is 29.2 Å². The van der Waals surface area contributed by atoms with Crippen molar-refractivity contribution in [2.24, 2.45) is 0 Å². The largest absolute Gasteiger partial charge is 0.550 e. The Labute approximate surface area is 144 Å². The molecule has 1 saturated heterocycles. The Kier molecular flexibility index (Phi) is 6.18. The minimum absolute atomic E-state index is 0.0408. The van der Waals surface area contributed by atoms with Crippen LogP contribution in [0.1, 0.15) is 31.2 Å². The molecular formula is C16H16NO4S2-. The maximum Gasteiger partial charge on any atom is 0.266 e. The van der Waals surface area contributed by atoms with Crippen LogP contribution in [-0.2, 0) is 9.59 Å². The Morgan fingerprint density at radius 3 is 2.61 bits per heavy atom.